The van der Waals surface area contributed by atoms with E-state index >= 15 is 0 Å². The number of nitrogens with zero attached hydrogens (tertiary/aromatic N) is 2. The van der Waals surface area contributed by atoms with Crippen LogP contribution in [0, 0.1) is 0 Å². The number of carbonyl (C=O) groups is 1. The van der Waals surface area contributed by atoms with Crippen LogP contribution >= 0.6 is 0 Å². The van der Waals surface area contributed by atoms with E-state index < -0.39 is 0 Å². The molecule has 3 aliphatic rings. The number of likely N-dealkylation sites (tertiary alicyclic amines) is 1. The van der Waals surface area contributed by atoms with Crippen LogP contribution in [0.25, 0.3) is 6.08 Å². The van der Waals surface area contributed by atoms with Gasteiger partial charge >= 0.3 is 0 Å². The Bertz CT molecular complexity index is 661. The summed E-state index contributed by atoms with van der Waals surface area (Å²) in [6.45, 7) is 5.78. The number of hydrogen-bond donors (Lipinski definition) is 0. The molecule has 2 aliphatic heterocycles. The molecule has 1 aromatic carbocycles. The van der Waals surface area contributed by atoms with E-state index in [1.165, 1.54) is 0 Å². The lowest BCUT2D eigenvalue weighted by molar-refractivity contribution is -0.129. The molecule has 0 N–H and O–H groups in total. The van der Waals surface area contributed by atoms with Crippen molar-refractivity contribution in [3.05, 3.63) is 29.8 Å². The molecule has 2 fully saturated rings. The van der Waals surface area contributed by atoms with Crippen LogP contribution in [0.3, 0.4) is 0 Å². The minimum atomic E-state index is 0.148. The second-order valence-corrected chi connectivity index (χ2v) is 7.09. The zero-order valence-electron chi connectivity index (χ0n) is 14.8. The van der Waals surface area contributed by atoms with Crippen LogP contribution in [0.4, 0.5) is 0 Å². The van der Waals surface area contributed by atoms with Crippen molar-refractivity contribution >= 4 is 12.0 Å². The highest BCUT2D eigenvalue weighted by Gasteiger charge is 2.37. The number of carbonyl (C=O) groups excluding carboxylic acids is 1. The van der Waals surface area contributed by atoms with Gasteiger partial charge in [0, 0.05) is 31.2 Å². The van der Waals surface area contributed by atoms with E-state index in [2.05, 4.69) is 16.7 Å². The molecule has 1 aliphatic carbocycles. The van der Waals surface area contributed by atoms with Gasteiger partial charge < -0.3 is 19.3 Å². The van der Waals surface area contributed by atoms with Gasteiger partial charge in [0.05, 0.1) is 0 Å². The number of hydrogen-bond acceptors (Lipinski definition) is 4. The molecule has 5 heteroatoms. The van der Waals surface area contributed by atoms with E-state index in [0.717, 1.165) is 62.4 Å². The molecule has 0 spiro atoms. The maximum absolute atomic E-state index is 12.9. The summed E-state index contributed by atoms with van der Waals surface area (Å²) in [5.41, 5.74) is 0.967. The average molecular weight is 342 g/mol. The van der Waals surface area contributed by atoms with Crippen molar-refractivity contribution in [2.24, 2.45) is 0 Å². The smallest absolute Gasteiger partial charge is 0.247 e. The maximum Gasteiger partial charge on any atom is 0.247 e. The van der Waals surface area contributed by atoms with E-state index in [4.69, 9.17) is 9.47 Å². The second-order valence-electron chi connectivity index (χ2n) is 7.09. The summed E-state index contributed by atoms with van der Waals surface area (Å²) in [4.78, 5) is 17.5. The Kier molecular flexibility index (Phi) is 4.66. The largest absolute Gasteiger partial charge is 0.454 e. The van der Waals surface area contributed by atoms with Crippen molar-refractivity contribution in [1.82, 2.24) is 9.80 Å². The van der Waals surface area contributed by atoms with Gasteiger partial charge in [-0.2, -0.15) is 0 Å². The van der Waals surface area contributed by atoms with Crippen molar-refractivity contribution in [2.75, 3.05) is 26.4 Å². The zero-order chi connectivity index (χ0) is 17.2. The Morgan fingerprint density at radius 2 is 1.88 bits per heavy atom. The van der Waals surface area contributed by atoms with Crippen molar-refractivity contribution in [1.29, 1.82) is 0 Å². The molecule has 25 heavy (non-hydrogen) atoms. The molecule has 0 atom stereocenters. The first-order valence-corrected chi connectivity index (χ1v) is 9.37. The first kappa shape index (κ1) is 16.5. The van der Waals surface area contributed by atoms with Gasteiger partial charge in [-0.3, -0.25) is 4.79 Å². The predicted octanol–water partition coefficient (Wildman–Crippen LogP) is 2.90. The molecule has 0 unspecified atom stereocenters. The van der Waals surface area contributed by atoms with Crippen LogP contribution in [-0.2, 0) is 4.79 Å². The Morgan fingerprint density at radius 3 is 2.60 bits per heavy atom. The lowest BCUT2D eigenvalue weighted by atomic mass is 10.0. The van der Waals surface area contributed by atoms with Crippen LogP contribution in [0.5, 0.6) is 11.5 Å². The minimum Gasteiger partial charge on any atom is -0.454 e. The third-order valence-electron chi connectivity index (χ3n) is 5.41. The van der Waals surface area contributed by atoms with Gasteiger partial charge in [0.25, 0.3) is 0 Å². The standard InChI is InChI=1S/C20H26N2O3/c1-2-21-11-9-17(10-12-21)22(16-5-6-16)20(23)8-4-15-3-7-18-19(13-15)25-14-24-18/h3-4,7-8,13,16-17H,2,5-6,9-12,14H2,1H3. The summed E-state index contributed by atoms with van der Waals surface area (Å²) < 4.78 is 10.7. The first-order chi connectivity index (χ1) is 12.2. The van der Waals surface area contributed by atoms with Crippen LogP contribution in [0.1, 0.15) is 38.2 Å². The lowest BCUT2D eigenvalue weighted by Gasteiger charge is -2.38. The van der Waals surface area contributed by atoms with Gasteiger partial charge in [-0.25, -0.2) is 0 Å². The molecule has 1 amide bonds. The van der Waals surface area contributed by atoms with Crippen LogP contribution in [0.15, 0.2) is 24.3 Å². The third-order valence-corrected chi connectivity index (χ3v) is 5.41. The SMILES string of the molecule is CCN1CCC(N(C(=O)C=Cc2ccc3c(c2)OCO3)C2CC2)CC1. The van der Waals surface area contributed by atoms with Crippen LogP contribution in [-0.4, -0.2) is 54.2 Å². The predicted molar refractivity (Wildman–Crippen MR) is 96.6 cm³/mol. The van der Waals surface area contributed by atoms with Crippen LogP contribution < -0.4 is 9.47 Å². The van der Waals surface area contributed by atoms with E-state index in [0.29, 0.717) is 12.1 Å². The molecule has 0 radical (unpaired) electrons. The number of piperidine rings is 1. The molecule has 1 aromatic rings. The van der Waals surface area contributed by atoms with Gasteiger partial charge in [-0.05, 0) is 56.0 Å². The monoisotopic (exact) mass is 342 g/mol. The summed E-state index contributed by atoms with van der Waals surface area (Å²) in [6, 6.07) is 6.62. The maximum atomic E-state index is 12.9. The number of fused-ring (bicyclic) bond motifs is 1. The highest BCUT2D eigenvalue weighted by atomic mass is 16.7. The third kappa shape index (κ3) is 3.66. The molecule has 1 saturated carbocycles. The Hall–Kier alpha value is -2.01. The highest BCUT2D eigenvalue weighted by Crippen LogP contribution is 2.34. The summed E-state index contributed by atoms with van der Waals surface area (Å²) in [6.07, 6.45) is 8.10. The lowest BCUT2D eigenvalue weighted by Crippen LogP contribution is -2.47. The molecule has 0 aromatic heterocycles. The molecule has 1 saturated heterocycles. The fourth-order valence-corrected chi connectivity index (χ4v) is 3.79. The molecule has 0 bridgehead atoms. The zero-order valence-corrected chi connectivity index (χ0v) is 14.8. The highest BCUT2D eigenvalue weighted by molar-refractivity contribution is 5.92. The first-order valence-electron chi connectivity index (χ1n) is 9.37. The van der Waals surface area contributed by atoms with Gasteiger partial charge in [-0.1, -0.05) is 13.0 Å². The van der Waals surface area contributed by atoms with E-state index in [1.807, 2.05) is 24.3 Å². The van der Waals surface area contributed by atoms with E-state index in [-0.39, 0.29) is 12.7 Å². The van der Waals surface area contributed by atoms with Crippen LogP contribution in [0.2, 0.25) is 0 Å². The van der Waals surface area contributed by atoms with Gasteiger partial charge in [0.2, 0.25) is 12.7 Å². The molecule has 4 rings (SSSR count). The van der Waals surface area contributed by atoms with Crippen molar-refractivity contribution < 1.29 is 14.3 Å². The van der Waals surface area contributed by atoms with Gasteiger partial charge in [-0.15, -0.1) is 0 Å². The topological polar surface area (TPSA) is 42.0 Å². The number of rotatable bonds is 5. The van der Waals surface area contributed by atoms with Crippen molar-refractivity contribution in [2.45, 2.75) is 44.7 Å². The van der Waals surface area contributed by atoms with Crippen molar-refractivity contribution in [3.8, 4) is 11.5 Å². The van der Waals surface area contributed by atoms with E-state index in [9.17, 15) is 4.79 Å². The quantitative estimate of drug-likeness (QED) is 0.772. The Balaban J connectivity index is 1.43. The van der Waals surface area contributed by atoms with Gasteiger partial charge in [0.15, 0.2) is 11.5 Å². The Morgan fingerprint density at radius 1 is 1.16 bits per heavy atom. The number of amides is 1. The fourth-order valence-electron chi connectivity index (χ4n) is 3.79. The van der Waals surface area contributed by atoms with Gasteiger partial charge in [0.1, 0.15) is 0 Å². The summed E-state index contributed by atoms with van der Waals surface area (Å²) in [5.74, 6) is 1.67. The summed E-state index contributed by atoms with van der Waals surface area (Å²) >= 11 is 0. The Labute approximate surface area is 149 Å². The molecule has 2 heterocycles. The number of ether oxygens (including phenoxy) is 2. The van der Waals surface area contributed by atoms with E-state index in [1.54, 1.807) is 6.08 Å². The minimum absolute atomic E-state index is 0.148. The average Bonchev–Trinajstić information content (AvgIpc) is 3.36. The fraction of sp³-hybridized carbons (Fsp3) is 0.550. The molecule has 5 nitrogen and oxygen atoms in total. The summed E-state index contributed by atoms with van der Waals surface area (Å²) in [5, 5.41) is 0. The molecule has 134 valence electrons. The number of benzene rings is 1. The normalized spacial score (nSPS) is 21.0. The second kappa shape index (κ2) is 7.08. The molecular formula is C20H26N2O3. The summed E-state index contributed by atoms with van der Waals surface area (Å²) in [7, 11) is 0. The molecular weight excluding hydrogens is 316 g/mol. The van der Waals surface area contributed by atoms with Crippen molar-refractivity contribution in [3.63, 3.8) is 0 Å².